The van der Waals surface area contributed by atoms with Gasteiger partial charge in [-0.25, -0.2) is 4.99 Å². The molecule has 2 aliphatic rings. The highest BCUT2D eigenvalue weighted by atomic mass is 32.1. The number of aromatic amines is 1. The summed E-state index contributed by atoms with van der Waals surface area (Å²) in [5.74, 6) is -0.143. The van der Waals surface area contributed by atoms with Gasteiger partial charge in [0.2, 0.25) is 5.56 Å². The average Bonchev–Trinajstić information content (AvgIpc) is 2.86. The van der Waals surface area contributed by atoms with Gasteiger partial charge in [-0.2, -0.15) is 0 Å². The lowest BCUT2D eigenvalue weighted by Gasteiger charge is -2.14. The van der Waals surface area contributed by atoms with Crippen LogP contribution >= 0.6 is 11.3 Å². The number of pyridine rings is 1. The molecule has 3 heterocycles. The molecule has 2 aromatic rings. The van der Waals surface area contributed by atoms with Gasteiger partial charge < -0.3 is 4.98 Å². The molecule has 0 saturated carbocycles. The highest BCUT2D eigenvalue weighted by Crippen LogP contribution is 2.37. The van der Waals surface area contributed by atoms with Crippen LogP contribution in [-0.4, -0.2) is 16.6 Å². The van der Waals surface area contributed by atoms with Gasteiger partial charge in [-0.3, -0.25) is 9.59 Å². The lowest BCUT2D eigenvalue weighted by atomic mass is 9.92. The smallest absolute Gasteiger partial charge is 0.278 e. The van der Waals surface area contributed by atoms with Crippen molar-refractivity contribution in [1.29, 1.82) is 0 Å². The molecule has 1 amide bonds. The number of carbonyl (C=O) groups excluding carboxylic acids is 1. The number of hydrogen-bond donors (Lipinski definition) is 1. The molecule has 0 unspecified atom stereocenters. The van der Waals surface area contributed by atoms with Gasteiger partial charge in [0, 0.05) is 22.2 Å². The van der Waals surface area contributed by atoms with E-state index in [-0.39, 0.29) is 11.5 Å². The summed E-state index contributed by atoms with van der Waals surface area (Å²) in [5.41, 5.74) is 3.22. The Morgan fingerprint density at radius 1 is 1.10 bits per heavy atom. The Bertz CT molecular complexity index is 829. The van der Waals surface area contributed by atoms with E-state index in [2.05, 4.69) is 9.98 Å². The van der Waals surface area contributed by atoms with Crippen LogP contribution in [0.2, 0.25) is 0 Å². The number of carbonyl (C=O) groups is 1. The fourth-order valence-electron chi connectivity index (χ4n) is 3.14. The third-order valence-corrected chi connectivity index (χ3v) is 5.39. The number of fused-ring (bicyclic) bond motifs is 3. The maximum absolute atomic E-state index is 12.4. The number of nitrogens with one attached hydrogen (secondary N) is 1. The van der Waals surface area contributed by atoms with Gasteiger partial charge in [-0.15, -0.1) is 11.3 Å². The first-order chi connectivity index (χ1) is 10.2. The minimum Gasteiger partial charge on any atom is -0.321 e. The van der Waals surface area contributed by atoms with Crippen LogP contribution in [0.15, 0.2) is 28.0 Å². The van der Waals surface area contributed by atoms with Crippen molar-refractivity contribution in [3.05, 3.63) is 55.1 Å². The van der Waals surface area contributed by atoms with Gasteiger partial charge >= 0.3 is 0 Å². The first-order valence-corrected chi connectivity index (χ1v) is 7.99. The number of aromatic nitrogens is 1. The number of H-pyrrole nitrogens is 1. The zero-order valence-corrected chi connectivity index (χ0v) is 12.3. The second-order valence-corrected chi connectivity index (χ2v) is 6.67. The second kappa shape index (κ2) is 4.77. The molecule has 5 heteroatoms. The van der Waals surface area contributed by atoms with E-state index in [9.17, 15) is 9.59 Å². The molecule has 2 aromatic heterocycles. The van der Waals surface area contributed by atoms with Gasteiger partial charge in [0.15, 0.2) is 0 Å². The Morgan fingerprint density at radius 2 is 1.95 bits per heavy atom. The first-order valence-electron chi connectivity index (χ1n) is 7.17. The second-order valence-electron chi connectivity index (χ2n) is 5.48. The third-order valence-electron chi connectivity index (χ3n) is 4.10. The molecule has 4 rings (SSSR count). The summed E-state index contributed by atoms with van der Waals surface area (Å²) < 4.78 is 0. The molecule has 0 atom stereocenters. The van der Waals surface area contributed by atoms with Gasteiger partial charge in [0.25, 0.3) is 5.91 Å². The van der Waals surface area contributed by atoms with E-state index in [0.717, 1.165) is 29.7 Å². The Morgan fingerprint density at radius 3 is 2.81 bits per heavy atom. The number of rotatable bonds is 1. The van der Waals surface area contributed by atoms with E-state index in [4.69, 9.17) is 0 Å². The summed E-state index contributed by atoms with van der Waals surface area (Å²) in [5, 5.41) is 0. The van der Waals surface area contributed by atoms with E-state index < -0.39 is 0 Å². The standard InChI is InChI=1S/C16H14N2O2S/c19-14-7-3-5-10(17-14)11-8-13-15(16(20)18-11)9-4-1-2-6-12(9)21-13/h3,5,7H,1-2,4,6,8H2,(H,17,19). The molecule has 1 N–H and O–H groups in total. The minimum atomic E-state index is -0.168. The van der Waals surface area contributed by atoms with E-state index in [1.165, 1.54) is 22.9 Å². The fraction of sp³-hybridized carbons (Fsp3) is 0.312. The van der Waals surface area contributed by atoms with Crippen LogP contribution in [-0.2, 0) is 19.3 Å². The molecule has 0 bridgehead atoms. The van der Waals surface area contributed by atoms with Crippen molar-refractivity contribution >= 4 is 23.0 Å². The summed E-state index contributed by atoms with van der Waals surface area (Å²) in [6, 6.07) is 4.95. The maximum atomic E-state index is 12.4. The van der Waals surface area contributed by atoms with Gasteiger partial charge in [0.1, 0.15) is 0 Å². The number of nitrogens with zero attached hydrogens (tertiary/aromatic N) is 1. The Balaban J connectivity index is 1.79. The van der Waals surface area contributed by atoms with E-state index in [1.807, 2.05) is 0 Å². The average molecular weight is 298 g/mol. The molecule has 4 nitrogen and oxygen atoms in total. The number of thiophene rings is 1. The molecule has 0 radical (unpaired) electrons. The minimum absolute atomic E-state index is 0.143. The van der Waals surface area contributed by atoms with Crippen LogP contribution in [0.3, 0.4) is 0 Å². The molecule has 1 aliphatic heterocycles. The molecule has 0 aromatic carbocycles. The topological polar surface area (TPSA) is 62.3 Å². The Hall–Kier alpha value is -2.01. The largest absolute Gasteiger partial charge is 0.321 e. The van der Waals surface area contributed by atoms with Crippen molar-refractivity contribution < 1.29 is 4.79 Å². The van der Waals surface area contributed by atoms with Gasteiger partial charge in [-0.05, 0) is 37.3 Å². The monoisotopic (exact) mass is 298 g/mol. The van der Waals surface area contributed by atoms with E-state index >= 15 is 0 Å². The molecule has 0 saturated heterocycles. The lowest BCUT2D eigenvalue weighted by Crippen LogP contribution is -2.20. The van der Waals surface area contributed by atoms with Crippen molar-refractivity contribution in [3.63, 3.8) is 0 Å². The van der Waals surface area contributed by atoms with Crippen molar-refractivity contribution in [1.82, 2.24) is 4.98 Å². The number of aryl methyl sites for hydroxylation is 1. The van der Waals surface area contributed by atoms with Crippen molar-refractivity contribution in [2.24, 2.45) is 4.99 Å². The molecule has 21 heavy (non-hydrogen) atoms. The highest BCUT2D eigenvalue weighted by Gasteiger charge is 2.29. The van der Waals surface area contributed by atoms with Crippen LogP contribution < -0.4 is 5.56 Å². The Kier molecular flexibility index (Phi) is 2.89. The van der Waals surface area contributed by atoms with E-state index in [1.54, 1.807) is 23.5 Å². The van der Waals surface area contributed by atoms with Crippen LogP contribution in [0.1, 0.15) is 44.2 Å². The number of aliphatic imine (C=N–C) groups is 1. The van der Waals surface area contributed by atoms with Crippen LogP contribution in [0.4, 0.5) is 0 Å². The number of amides is 1. The van der Waals surface area contributed by atoms with Crippen molar-refractivity contribution in [2.45, 2.75) is 32.1 Å². The summed E-state index contributed by atoms with van der Waals surface area (Å²) >= 11 is 1.75. The quantitative estimate of drug-likeness (QED) is 0.879. The predicted molar refractivity (Wildman–Crippen MR) is 82.6 cm³/mol. The van der Waals surface area contributed by atoms with E-state index in [0.29, 0.717) is 17.8 Å². The highest BCUT2D eigenvalue weighted by molar-refractivity contribution is 7.12. The van der Waals surface area contributed by atoms with Crippen molar-refractivity contribution in [3.8, 4) is 0 Å². The summed E-state index contributed by atoms with van der Waals surface area (Å²) in [7, 11) is 0. The number of hydrogen-bond acceptors (Lipinski definition) is 3. The summed E-state index contributed by atoms with van der Waals surface area (Å²) in [6.45, 7) is 0. The zero-order chi connectivity index (χ0) is 14.4. The lowest BCUT2D eigenvalue weighted by molar-refractivity contribution is 0.0999. The summed E-state index contributed by atoms with van der Waals surface area (Å²) in [6.07, 6.45) is 5.09. The normalized spacial score (nSPS) is 17.1. The summed E-state index contributed by atoms with van der Waals surface area (Å²) in [4.78, 5) is 33.3. The van der Waals surface area contributed by atoms with Crippen molar-refractivity contribution in [2.75, 3.05) is 0 Å². The molecular weight excluding hydrogens is 284 g/mol. The molecule has 0 fully saturated rings. The van der Waals surface area contributed by atoms with Gasteiger partial charge in [-0.1, -0.05) is 6.07 Å². The molecule has 0 spiro atoms. The first kappa shape index (κ1) is 12.7. The SMILES string of the molecule is O=C1N=C(c2cccc(=O)[nH]2)Cc2sc3c(c21)CCCC3. The van der Waals surface area contributed by atoms with Gasteiger partial charge in [0.05, 0.1) is 17.0 Å². The van der Waals surface area contributed by atoms with Crippen LogP contribution in [0.25, 0.3) is 0 Å². The molecule has 1 aliphatic carbocycles. The fourth-order valence-corrected chi connectivity index (χ4v) is 4.53. The Labute approximate surface area is 125 Å². The maximum Gasteiger partial charge on any atom is 0.278 e. The third kappa shape index (κ3) is 2.08. The van der Waals surface area contributed by atoms with Crippen LogP contribution in [0, 0.1) is 0 Å². The van der Waals surface area contributed by atoms with Crippen LogP contribution in [0.5, 0.6) is 0 Å². The molecular formula is C16H14N2O2S. The predicted octanol–water partition coefficient (Wildman–Crippen LogP) is 2.50. The zero-order valence-electron chi connectivity index (χ0n) is 11.4. The molecule has 106 valence electrons.